The Balaban J connectivity index is 1.16. The highest BCUT2D eigenvalue weighted by Crippen LogP contribution is 2.33. The fraction of sp³-hybridized carbons (Fsp3) is 0.333. The maximum atomic E-state index is 12.8. The molecule has 0 aromatic heterocycles. The number of nitrogens with one attached hydrogen (secondary N) is 1. The third-order valence-corrected chi connectivity index (χ3v) is 7.37. The van der Waals surface area contributed by atoms with E-state index < -0.39 is 0 Å². The standard InChI is InChI=1S/C30H32N2O3/c1-35-28-4-2-3-22(19-28)18-27(33)17-21-5-7-23(8-6-21)24-9-11-26(12-10-24)31-30(34)29-20-32-15-13-25(29)14-16-32/h2-12,19,25,29H,13-18,20H2,1H3,(H,31,34)/t29-/m0/s1. The minimum absolute atomic E-state index is 0.108. The molecule has 3 saturated heterocycles. The van der Waals surface area contributed by atoms with Gasteiger partial charge in [-0.05, 0) is 78.4 Å². The predicted octanol–water partition coefficient (Wildman–Crippen LogP) is 5.00. The molecule has 3 fully saturated rings. The van der Waals surface area contributed by atoms with Crippen molar-refractivity contribution in [2.24, 2.45) is 11.8 Å². The van der Waals surface area contributed by atoms with Crippen molar-refractivity contribution >= 4 is 17.4 Å². The van der Waals surface area contributed by atoms with Crippen LogP contribution in [0.4, 0.5) is 5.69 Å². The molecule has 5 nitrogen and oxygen atoms in total. The van der Waals surface area contributed by atoms with Crippen molar-refractivity contribution < 1.29 is 14.3 Å². The van der Waals surface area contributed by atoms with Crippen LogP contribution in [0.3, 0.4) is 0 Å². The van der Waals surface area contributed by atoms with E-state index in [1.165, 1.54) is 0 Å². The summed E-state index contributed by atoms with van der Waals surface area (Å²) in [5.74, 6) is 1.73. The second-order valence-corrected chi connectivity index (χ2v) is 9.75. The molecule has 35 heavy (non-hydrogen) atoms. The predicted molar refractivity (Wildman–Crippen MR) is 139 cm³/mol. The van der Waals surface area contributed by atoms with Crippen LogP contribution in [-0.4, -0.2) is 43.3 Å². The molecular formula is C30H32N2O3. The summed E-state index contributed by atoms with van der Waals surface area (Å²) in [5, 5.41) is 3.12. The average molecular weight is 469 g/mol. The third kappa shape index (κ3) is 5.63. The van der Waals surface area contributed by atoms with Crippen LogP contribution in [0, 0.1) is 11.8 Å². The van der Waals surface area contributed by atoms with Crippen molar-refractivity contribution in [2.45, 2.75) is 25.7 Å². The van der Waals surface area contributed by atoms with E-state index in [1.54, 1.807) is 7.11 Å². The molecule has 1 N–H and O–H groups in total. The molecule has 3 aromatic carbocycles. The van der Waals surface area contributed by atoms with E-state index in [4.69, 9.17) is 4.74 Å². The van der Waals surface area contributed by atoms with Crippen molar-refractivity contribution in [3.8, 4) is 16.9 Å². The summed E-state index contributed by atoms with van der Waals surface area (Å²) >= 11 is 0. The molecule has 6 rings (SSSR count). The summed E-state index contributed by atoms with van der Waals surface area (Å²) in [6, 6.07) is 23.8. The molecule has 0 aliphatic carbocycles. The van der Waals surface area contributed by atoms with Gasteiger partial charge in [0.05, 0.1) is 13.0 Å². The third-order valence-electron chi connectivity index (χ3n) is 7.37. The summed E-state index contributed by atoms with van der Waals surface area (Å²) in [7, 11) is 1.63. The lowest BCUT2D eigenvalue weighted by Crippen LogP contribution is -2.51. The van der Waals surface area contributed by atoms with Gasteiger partial charge in [0.25, 0.3) is 0 Å². The molecule has 0 radical (unpaired) electrons. The lowest BCUT2D eigenvalue weighted by Gasteiger charge is -2.43. The van der Waals surface area contributed by atoms with Gasteiger partial charge < -0.3 is 15.0 Å². The molecule has 0 unspecified atom stereocenters. The van der Waals surface area contributed by atoms with Crippen LogP contribution in [-0.2, 0) is 22.4 Å². The van der Waals surface area contributed by atoms with Crippen molar-refractivity contribution in [3.05, 3.63) is 83.9 Å². The summed E-state index contributed by atoms with van der Waals surface area (Å²) in [6.45, 7) is 3.17. The quantitative estimate of drug-likeness (QED) is 0.506. The summed E-state index contributed by atoms with van der Waals surface area (Å²) in [6.07, 6.45) is 3.08. The fourth-order valence-electron chi connectivity index (χ4n) is 5.36. The van der Waals surface area contributed by atoms with Gasteiger partial charge in [-0.2, -0.15) is 0 Å². The van der Waals surface area contributed by atoms with E-state index in [0.29, 0.717) is 18.8 Å². The molecule has 3 aliphatic rings. The second kappa shape index (κ2) is 10.4. The number of Topliss-reactive ketones (excluding diaryl/α,β-unsaturated/α-hetero) is 1. The van der Waals surface area contributed by atoms with Gasteiger partial charge >= 0.3 is 0 Å². The lowest BCUT2D eigenvalue weighted by atomic mass is 9.78. The van der Waals surface area contributed by atoms with Gasteiger partial charge in [-0.25, -0.2) is 0 Å². The number of hydrogen-bond donors (Lipinski definition) is 1. The van der Waals surface area contributed by atoms with Gasteiger partial charge in [-0.15, -0.1) is 0 Å². The van der Waals surface area contributed by atoms with E-state index in [-0.39, 0.29) is 17.6 Å². The zero-order valence-electron chi connectivity index (χ0n) is 20.2. The van der Waals surface area contributed by atoms with Gasteiger partial charge in [0, 0.05) is 25.1 Å². The highest BCUT2D eigenvalue weighted by molar-refractivity contribution is 5.93. The van der Waals surface area contributed by atoms with Crippen LogP contribution in [0.15, 0.2) is 72.8 Å². The molecule has 1 atom stereocenters. The molecule has 3 heterocycles. The monoisotopic (exact) mass is 468 g/mol. The molecule has 0 spiro atoms. The molecule has 5 heteroatoms. The first-order valence-corrected chi connectivity index (χ1v) is 12.4. The Bertz CT molecular complexity index is 1180. The fourth-order valence-corrected chi connectivity index (χ4v) is 5.36. The molecule has 0 saturated carbocycles. The number of ketones is 1. The van der Waals surface area contributed by atoms with E-state index >= 15 is 0 Å². The Morgan fingerprint density at radius 1 is 0.886 bits per heavy atom. The number of benzene rings is 3. The number of nitrogens with zero attached hydrogens (tertiary/aromatic N) is 1. The van der Waals surface area contributed by atoms with Crippen molar-refractivity contribution in [3.63, 3.8) is 0 Å². The van der Waals surface area contributed by atoms with Crippen molar-refractivity contribution in [1.82, 2.24) is 4.90 Å². The van der Waals surface area contributed by atoms with E-state index in [2.05, 4.69) is 22.3 Å². The number of hydrogen-bond acceptors (Lipinski definition) is 4. The smallest absolute Gasteiger partial charge is 0.229 e. The van der Waals surface area contributed by atoms with Gasteiger partial charge in [0.1, 0.15) is 11.5 Å². The van der Waals surface area contributed by atoms with Crippen LogP contribution in [0.2, 0.25) is 0 Å². The average Bonchev–Trinajstić information content (AvgIpc) is 2.90. The maximum absolute atomic E-state index is 12.8. The van der Waals surface area contributed by atoms with E-state index in [0.717, 1.165) is 66.2 Å². The van der Waals surface area contributed by atoms with Gasteiger partial charge in [-0.3, -0.25) is 9.59 Å². The van der Waals surface area contributed by atoms with Gasteiger partial charge in [0.2, 0.25) is 5.91 Å². The number of anilines is 1. The number of carbonyl (C=O) groups is 2. The summed E-state index contributed by atoms with van der Waals surface area (Å²) in [4.78, 5) is 27.8. The SMILES string of the molecule is COc1cccc(CC(=O)Cc2ccc(-c3ccc(NC(=O)[C@H]4CN5CCC4CC5)cc3)cc2)c1. The van der Waals surface area contributed by atoms with Crippen LogP contribution < -0.4 is 10.1 Å². The van der Waals surface area contributed by atoms with Gasteiger partial charge in [0.15, 0.2) is 0 Å². The van der Waals surface area contributed by atoms with Crippen LogP contribution in [0.1, 0.15) is 24.0 Å². The molecule has 2 bridgehead atoms. The highest BCUT2D eigenvalue weighted by atomic mass is 16.5. The summed E-state index contributed by atoms with van der Waals surface area (Å²) in [5.41, 5.74) is 4.98. The Kier molecular flexibility index (Phi) is 6.96. The summed E-state index contributed by atoms with van der Waals surface area (Å²) < 4.78 is 5.24. The number of fused-ring (bicyclic) bond motifs is 3. The lowest BCUT2D eigenvalue weighted by molar-refractivity contribution is -0.125. The molecule has 1 amide bonds. The van der Waals surface area contributed by atoms with Crippen LogP contribution in [0.25, 0.3) is 11.1 Å². The van der Waals surface area contributed by atoms with E-state index in [1.807, 2.05) is 60.7 Å². The first-order chi connectivity index (χ1) is 17.1. The van der Waals surface area contributed by atoms with Gasteiger partial charge in [-0.1, -0.05) is 48.5 Å². The molecule has 180 valence electrons. The molecular weight excluding hydrogens is 436 g/mol. The topological polar surface area (TPSA) is 58.6 Å². The van der Waals surface area contributed by atoms with E-state index in [9.17, 15) is 9.59 Å². The number of ether oxygens (including phenoxy) is 1. The normalized spacial score (nSPS) is 20.9. The van der Waals surface area contributed by atoms with Crippen LogP contribution in [0.5, 0.6) is 5.75 Å². The number of methoxy groups -OCH3 is 1. The first-order valence-electron chi connectivity index (χ1n) is 12.4. The number of rotatable bonds is 8. The maximum Gasteiger partial charge on any atom is 0.229 e. The molecule has 3 aliphatic heterocycles. The molecule has 3 aromatic rings. The number of carbonyl (C=O) groups excluding carboxylic acids is 2. The largest absolute Gasteiger partial charge is 0.497 e. The Morgan fingerprint density at radius 2 is 1.54 bits per heavy atom. The first kappa shape index (κ1) is 23.3. The zero-order valence-corrected chi connectivity index (χ0v) is 20.2. The Hall–Kier alpha value is -3.44. The minimum atomic E-state index is 0.108. The zero-order chi connectivity index (χ0) is 24.2. The number of piperidine rings is 3. The minimum Gasteiger partial charge on any atom is -0.497 e. The van der Waals surface area contributed by atoms with Crippen molar-refractivity contribution in [1.29, 1.82) is 0 Å². The Morgan fingerprint density at radius 3 is 2.17 bits per heavy atom. The second-order valence-electron chi connectivity index (χ2n) is 9.75. The highest BCUT2D eigenvalue weighted by Gasteiger charge is 2.38. The van der Waals surface area contributed by atoms with Crippen molar-refractivity contribution in [2.75, 3.05) is 32.1 Å². The number of amides is 1. The Labute approximate surface area is 207 Å². The van der Waals surface area contributed by atoms with Crippen LogP contribution >= 0.6 is 0 Å².